The Morgan fingerprint density at radius 3 is 2.04 bits per heavy atom. The summed E-state index contributed by atoms with van der Waals surface area (Å²) in [5.74, 6) is -0.585. The van der Waals surface area contributed by atoms with Crippen LogP contribution < -0.4 is 32.2 Å². The average Bonchev–Trinajstić information content (AvgIpc) is 2.57. The number of fused-ring (bicyclic) bond motifs is 1. The zero-order chi connectivity index (χ0) is 17.3. The number of nitrogens with one attached hydrogen (secondary N) is 2. The van der Waals surface area contributed by atoms with Gasteiger partial charge in [-0.05, 0) is 24.3 Å². The molecule has 0 saturated heterocycles. The fraction of sp³-hybridized carbons (Fsp3) is 0.0625. The lowest BCUT2D eigenvalue weighted by Gasteiger charge is -2.11. The molecule has 2 aromatic carbocycles. The van der Waals surface area contributed by atoms with Crippen molar-refractivity contribution in [3.05, 3.63) is 72.3 Å². The number of anilines is 2. The van der Waals surface area contributed by atoms with Crippen LogP contribution >= 0.6 is 15.9 Å². The zero-order valence-electron chi connectivity index (χ0n) is 12.5. The number of rotatable bonds is 1. The lowest BCUT2D eigenvalue weighted by Crippen LogP contribution is -2.50. The lowest BCUT2D eigenvalue weighted by atomic mass is 10.2. The Labute approximate surface area is 143 Å². The summed E-state index contributed by atoms with van der Waals surface area (Å²) in [4.78, 5) is 44.6. The molecule has 3 rings (SSSR count). The predicted octanol–water partition coefficient (Wildman–Crippen LogP) is 1.03. The van der Waals surface area contributed by atoms with E-state index in [-0.39, 0.29) is 22.1 Å². The smallest absolute Gasteiger partial charge is 0.243 e. The summed E-state index contributed by atoms with van der Waals surface area (Å²) in [7, 11) is 0. The number of benzene rings is 2. The van der Waals surface area contributed by atoms with Crippen LogP contribution in [-0.4, -0.2) is 5.91 Å². The van der Waals surface area contributed by atoms with Crippen molar-refractivity contribution in [1.29, 1.82) is 0 Å². The van der Waals surface area contributed by atoms with Gasteiger partial charge in [-0.2, -0.15) is 0 Å². The fourth-order valence-corrected chi connectivity index (χ4v) is 2.48. The Morgan fingerprint density at radius 1 is 0.958 bits per heavy atom. The highest BCUT2D eigenvalue weighted by Crippen LogP contribution is 2.16. The van der Waals surface area contributed by atoms with Crippen LogP contribution in [-0.2, 0) is 4.79 Å². The van der Waals surface area contributed by atoms with Crippen LogP contribution in [0.4, 0.5) is 17.1 Å². The van der Waals surface area contributed by atoms with Gasteiger partial charge in [0, 0.05) is 23.8 Å². The number of hydrogen-bond donors (Lipinski definition) is 2. The van der Waals surface area contributed by atoms with Gasteiger partial charge < -0.3 is 10.6 Å². The molecule has 0 fully saturated rings. The van der Waals surface area contributed by atoms with Crippen molar-refractivity contribution in [3.8, 4) is 0 Å². The Kier molecular flexibility index (Phi) is 4.22. The summed E-state index contributed by atoms with van der Waals surface area (Å²) in [5, 5.41) is 5.02. The Balaban J connectivity index is 2.43. The molecule has 0 aliphatic carbocycles. The molecule has 2 N–H and O–H groups in total. The molecule has 7 nitrogen and oxygen atoms in total. The number of carbonyl (C=O) groups excluding carboxylic acids is 1. The molecule has 2 aromatic rings. The van der Waals surface area contributed by atoms with E-state index < -0.39 is 16.8 Å². The molecular formula is C16H11BrN4O3. The lowest BCUT2D eigenvalue weighted by molar-refractivity contribution is -0.116. The highest BCUT2D eigenvalue weighted by Gasteiger charge is 2.17. The maximum absolute atomic E-state index is 12.7. The zero-order valence-corrected chi connectivity index (χ0v) is 14.0. The largest absolute Gasteiger partial charge is 0.355 e. The van der Waals surface area contributed by atoms with E-state index in [1.165, 1.54) is 19.3 Å². The van der Waals surface area contributed by atoms with E-state index in [9.17, 15) is 14.4 Å². The first-order chi connectivity index (χ1) is 11.5. The molecular weight excluding hydrogens is 376 g/mol. The molecule has 0 spiro atoms. The van der Waals surface area contributed by atoms with Gasteiger partial charge in [-0.3, -0.25) is 14.4 Å². The molecule has 8 heteroatoms. The van der Waals surface area contributed by atoms with Crippen LogP contribution in [0.5, 0.6) is 0 Å². The minimum atomic E-state index is -0.585. The summed E-state index contributed by atoms with van der Waals surface area (Å²) in [6, 6.07) is 6.86. The van der Waals surface area contributed by atoms with Crippen molar-refractivity contribution >= 4 is 38.9 Å². The van der Waals surface area contributed by atoms with Gasteiger partial charge in [0.1, 0.15) is 22.1 Å². The first-order valence-corrected chi connectivity index (χ1v) is 7.72. The first-order valence-electron chi connectivity index (χ1n) is 6.93. The SMILES string of the molecule is CC(=O)N=c1c(=O)c2c(c(=O)c1=Nc1ccc(Br)cc1)NC=CN2. The van der Waals surface area contributed by atoms with Crippen molar-refractivity contribution in [2.45, 2.75) is 6.92 Å². The van der Waals surface area contributed by atoms with E-state index in [2.05, 4.69) is 36.5 Å². The third kappa shape index (κ3) is 2.95. The standard InChI is InChI=1S/C16H11BrN4O3/c1-8(22)20-13-14(21-10-4-2-9(17)3-5-10)16(24)12-11(15(13)23)18-6-7-19-12/h2-7,18-19H,1H3. The maximum atomic E-state index is 12.7. The van der Waals surface area contributed by atoms with E-state index >= 15 is 0 Å². The average molecular weight is 387 g/mol. The van der Waals surface area contributed by atoms with Crippen LogP contribution in [0.1, 0.15) is 6.92 Å². The van der Waals surface area contributed by atoms with E-state index in [1.54, 1.807) is 24.3 Å². The normalized spacial score (nSPS) is 14.1. The summed E-state index contributed by atoms with van der Waals surface area (Å²) in [6.45, 7) is 1.21. The van der Waals surface area contributed by atoms with Crippen LogP contribution in [0.2, 0.25) is 0 Å². The first kappa shape index (κ1) is 16.0. The minimum absolute atomic E-state index is 0.0530. The van der Waals surface area contributed by atoms with Gasteiger partial charge in [0.05, 0.1) is 5.69 Å². The van der Waals surface area contributed by atoms with Crippen molar-refractivity contribution in [1.82, 2.24) is 0 Å². The second-order valence-corrected chi connectivity index (χ2v) is 5.86. The van der Waals surface area contributed by atoms with Gasteiger partial charge >= 0.3 is 0 Å². The molecule has 1 aliphatic rings. The molecule has 1 heterocycles. The number of nitrogens with zero attached hydrogens (tertiary/aromatic N) is 2. The highest BCUT2D eigenvalue weighted by molar-refractivity contribution is 9.10. The third-order valence-corrected chi connectivity index (χ3v) is 3.76. The van der Waals surface area contributed by atoms with Gasteiger partial charge in [-0.1, -0.05) is 15.9 Å². The van der Waals surface area contributed by atoms with Crippen molar-refractivity contribution in [2.24, 2.45) is 9.98 Å². The van der Waals surface area contributed by atoms with Gasteiger partial charge in [0.2, 0.25) is 16.8 Å². The summed E-state index contributed by atoms with van der Waals surface area (Å²) < 4.78 is 0.850. The van der Waals surface area contributed by atoms with E-state index in [0.29, 0.717) is 5.69 Å². The molecule has 0 unspecified atom stereocenters. The van der Waals surface area contributed by atoms with Gasteiger partial charge in [0.25, 0.3) is 0 Å². The van der Waals surface area contributed by atoms with Gasteiger partial charge in [-0.25, -0.2) is 9.98 Å². The molecule has 1 aliphatic heterocycles. The number of hydrogen-bond acceptors (Lipinski definition) is 6. The van der Waals surface area contributed by atoms with Crippen molar-refractivity contribution in [2.75, 3.05) is 10.6 Å². The molecule has 0 atom stereocenters. The summed E-state index contributed by atoms with van der Waals surface area (Å²) in [6.07, 6.45) is 2.97. The number of halogens is 1. The second kappa shape index (κ2) is 6.32. The predicted molar refractivity (Wildman–Crippen MR) is 93.3 cm³/mol. The Bertz CT molecular complexity index is 1080. The van der Waals surface area contributed by atoms with Crippen molar-refractivity contribution < 1.29 is 4.79 Å². The molecule has 0 bridgehead atoms. The third-order valence-electron chi connectivity index (χ3n) is 3.23. The van der Waals surface area contributed by atoms with Crippen LogP contribution in [0.15, 0.2) is 60.7 Å². The van der Waals surface area contributed by atoms with E-state index in [1.807, 2.05) is 0 Å². The summed E-state index contributed by atoms with van der Waals surface area (Å²) >= 11 is 3.31. The quantitative estimate of drug-likeness (QED) is 0.762. The van der Waals surface area contributed by atoms with Gasteiger partial charge in [-0.15, -0.1) is 0 Å². The highest BCUT2D eigenvalue weighted by atomic mass is 79.9. The molecule has 0 aromatic heterocycles. The topological polar surface area (TPSA) is 100.0 Å². The Morgan fingerprint density at radius 2 is 1.50 bits per heavy atom. The molecule has 0 radical (unpaired) electrons. The Hall–Kier alpha value is -2.87. The number of amides is 1. The molecule has 24 heavy (non-hydrogen) atoms. The van der Waals surface area contributed by atoms with Gasteiger partial charge in [0.15, 0.2) is 0 Å². The van der Waals surface area contributed by atoms with Crippen LogP contribution in [0.3, 0.4) is 0 Å². The minimum Gasteiger partial charge on any atom is -0.355 e. The van der Waals surface area contributed by atoms with E-state index in [0.717, 1.165) is 4.47 Å². The second-order valence-electron chi connectivity index (χ2n) is 4.95. The van der Waals surface area contributed by atoms with Crippen LogP contribution in [0.25, 0.3) is 0 Å². The maximum Gasteiger partial charge on any atom is 0.243 e. The molecule has 0 saturated carbocycles. The fourth-order valence-electron chi connectivity index (χ4n) is 2.21. The van der Waals surface area contributed by atoms with E-state index in [4.69, 9.17) is 0 Å². The summed E-state index contributed by atoms with van der Waals surface area (Å²) in [5.41, 5.74) is -0.469. The van der Waals surface area contributed by atoms with Crippen LogP contribution in [0, 0.1) is 0 Å². The molecule has 1 amide bonds. The molecule has 120 valence electrons. The number of carbonyl (C=O) groups is 1. The van der Waals surface area contributed by atoms with Crippen molar-refractivity contribution in [3.63, 3.8) is 0 Å². The monoisotopic (exact) mass is 386 g/mol.